The van der Waals surface area contributed by atoms with Crippen LogP contribution in [0.1, 0.15) is 0 Å². The van der Waals surface area contributed by atoms with Gasteiger partial charge in [0.1, 0.15) is 17.9 Å². The van der Waals surface area contributed by atoms with E-state index in [0.29, 0.717) is 44.1 Å². The second kappa shape index (κ2) is 7.64. The number of halogens is 2. The quantitative estimate of drug-likeness (QED) is 0.445. The first-order chi connectivity index (χ1) is 14.3. The van der Waals surface area contributed by atoms with Crippen molar-refractivity contribution in [2.24, 2.45) is 0 Å². The maximum absolute atomic E-state index is 13.7. The lowest BCUT2D eigenvalue weighted by atomic mass is 9.99. The molecule has 3 aromatic carbocycles. The first kappa shape index (κ1) is 20.2. The normalized spacial score (nSPS) is 11.6. The lowest BCUT2D eigenvalue weighted by Crippen LogP contribution is -1.99. The largest absolute Gasteiger partial charge is 0.496 e. The third-order valence-electron chi connectivity index (χ3n) is 4.59. The summed E-state index contributed by atoms with van der Waals surface area (Å²) in [5, 5.41) is 0.899. The van der Waals surface area contributed by atoms with Gasteiger partial charge in [-0.3, -0.25) is 4.55 Å². The van der Waals surface area contributed by atoms with E-state index in [1.807, 2.05) is 0 Å². The highest BCUT2D eigenvalue weighted by atomic mass is 35.5. The van der Waals surface area contributed by atoms with Crippen molar-refractivity contribution < 1.29 is 22.1 Å². The van der Waals surface area contributed by atoms with Gasteiger partial charge in [0, 0.05) is 21.5 Å². The van der Waals surface area contributed by atoms with Crippen molar-refractivity contribution in [2.75, 3.05) is 7.11 Å². The Kier molecular flexibility index (Phi) is 5.15. The Labute approximate surface area is 176 Å². The highest BCUT2D eigenvalue weighted by molar-refractivity contribution is 7.85. The maximum Gasteiger partial charge on any atom is 0.294 e. The zero-order valence-electron chi connectivity index (χ0n) is 15.5. The van der Waals surface area contributed by atoms with Crippen molar-refractivity contribution in [1.29, 1.82) is 0 Å². The van der Waals surface area contributed by atoms with Gasteiger partial charge >= 0.3 is 0 Å². The van der Waals surface area contributed by atoms with Gasteiger partial charge in [0.25, 0.3) is 10.1 Å². The summed E-state index contributed by atoms with van der Waals surface area (Å²) in [6.45, 7) is 0. The average Bonchev–Trinajstić information content (AvgIpc) is 2.72. The van der Waals surface area contributed by atoms with Crippen molar-refractivity contribution in [1.82, 2.24) is 9.97 Å². The van der Waals surface area contributed by atoms with Gasteiger partial charge in [-0.25, -0.2) is 14.4 Å². The van der Waals surface area contributed by atoms with E-state index >= 15 is 0 Å². The number of hydrogen-bond acceptors (Lipinski definition) is 5. The zero-order valence-corrected chi connectivity index (χ0v) is 17.1. The molecule has 0 bridgehead atoms. The molecule has 0 amide bonds. The first-order valence-corrected chi connectivity index (χ1v) is 10.5. The summed E-state index contributed by atoms with van der Waals surface area (Å²) >= 11 is 6.50. The van der Waals surface area contributed by atoms with Crippen LogP contribution in [0.3, 0.4) is 0 Å². The molecule has 1 N–H and O–H groups in total. The van der Waals surface area contributed by atoms with Gasteiger partial charge in [0.15, 0.2) is 0 Å². The number of aromatic nitrogens is 2. The summed E-state index contributed by atoms with van der Waals surface area (Å²) < 4.78 is 51.3. The number of nitrogens with zero attached hydrogens (tertiary/aromatic N) is 2. The molecule has 9 heteroatoms. The topological polar surface area (TPSA) is 89.4 Å². The molecular weight excluding hydrogens is 431 g/mol. The number of hydrogen-bond donors (Lipinski definition) is 1. The van der Waals surface area contributed by atoms with Crippen LogP contribution in [0.15, 0.2) is 65.8 Å². The van der Waals surface area contributed by atoms with Crippen LogP contribution in [0.5, 0.6) is 5.75 Å². The fourth-order valence-corrected chi connectivity index (χ4v) is 3.97. The van der Waals surface area contributed by atoms with Gasteiger partial charge in [0.2, 0.25) is 0 Å². The minimum Gasteiger partial charge on any atom is -0.496 e. The highest BCUT2D eigenvalue weighted by Gasteiger charge is 2.18. The lowest BCUT2D eigenvalue weighted by Gasteiger charge is -2.14. The van der Waals surface area contributed by atoms with Gasteiger partial charge in [0.05, 0.1) is 23.2 Å². The van der Waals surface area contributed by atoms with Gasteiger partial charge in [-0.2, -0.15) is 8.42 Å². The fourth-order valence-electron chi connectivity index (χ4n) is 3.20. The standard InChI is InChI=1S/C21H14ClFN2O4S/c1-29-20-10-16(12-3-2-4-13(23)7-12)18(22)9-17(20)21-15-6-5-14(30(26,27)28)8-19(15)24-11-25-21/h2-11H,1H3,(H,26,27,28). The predicted molar refractivity (Wildman–Crippen MR) is 112 cm³/mol. The second-order valence-electron chi connectivity index (χ2n) is 6.42. The number of methoxy groups -OCH3 is 1. The molecule has 0 aliphatic heterocycles. The molecule has 0 aliphatic carbocycles. The van der Waals surface area contributed by atoms with Crippen LogP contribution >= 0.6 is 11.6 Å². The minimum absolute atomic E-state index is 0.272. The Balaban J connectivity index is 1.92. The molecule has 4 rings (SSSR count). The van der Waals surface area contributed by atoms with Crippen molar-refractivity contribution in [2.45, 2.75) is 4.90 Å². The third-order valence-corrected chi connectivity index (χ3v) is 5.75. The summed E-state index contributed by atoms with van der Waals surface area (Å²) in [5.41, 5.74) is 2.52. The van der Waals surface area contributed by atoms with Gasteiger partial charge < -0.3 is 4.74 Å². The minimum atomic E-state index is -4.37. The van der Waals surface area contributed by atoms with E-state index in [1.54, 1.807) is 24.3 Å². The lowest BCUT2D eigenvalue weighted by molar-refractivity contribution is 0.416. The maximum atomic E-state index is 13.7. The molecule has 152 valence electrons. The van der Waals surface area contributed by atoms with E-state index in [2.05, 4.69) is 9.97 Å². The summed E-state index contributed by atoms with van der Waals surface area (Å²) in [6.07, 6.45) is 1.28. The van der Waals surface area contributed by atoms with E-state index in [-0.39, 0.29) is 10.7 Å². The molecule has 0 unspecified atom stereocenters. The molecule has 0 saturated heterocycles. The molecule has 4 aromatic rings. The van der Waals surface area contributed by atoms with E-state index in [0.717, 1.165) is 0 Å². The summed E-state index contributed by atoms with van der Waals surface area (Å²) in [5.74, 6) is 0.0561. The Morgan fingerprint density at radius 1 is 1.03 bits per heavy atom. The zero-order chi connectivity index (χ0) is 21.5. The summed E-state index contributed by atoms with van der Waals surface area (Å²) in [6, 6.07) is 13.4. The Hall–Kier alpha value is -3.07. The van der Waals surface area contributed by atoms with E-state index < -0.39 is 10.1 Å². The second-order valence-corrected chi connectivity index (χ2v) is 8.25. The van der Waals surface area contributed by atoms with E-state index in [9.17, 15) is 17.4 Å². The SMILES string of the molecule is COc1cc(-c2cccc(F)c2)c(Cl)cc1-c1ncnc2cc(S(=O)(=O)O)ccc12. The molecule has 0 saturated carbocycles. The average molecular weight is 445 g/mol. The highest BCUT2D eigenvalue weighted by Crippen LogP contribution is 2.40. The molecular formula is C21H14ClFN2O4S. The molecule has 0 atom stereocenters. The molecule has 0 spiro atoms. The summed E-state index contributed by atoms with van der Waals surface area (Å²) in [4.78, 5) is 8.13. The van der Waals surface area contributed by atoms with Crippen LogP contribution in [0.4, 0.5) is 4.39 Å². The van der Waals surface area contributed by atoms with Crippen LogP contribution in [0, 0.1) is 5.82 Å². The molecule has 0 fully saturated rings. The number of fused-ring (bicyclic) bond motifs is 1. The van der Waals surface area contributed by atoms with Gasteiger partial charge in [-0.05, 0) is 48.0 Å². The van der Waals surface area contributed by atoms with Crippen molar-refractivity contribution >= 4 is 32.6 Å². The monoisotopic (exact) mass is 444 g/mol. The Morgan fingerprint density at radius 2 is 1.83 bits per heavy atom. The first-order valence-electron chi connectivity index (χ1n) is 8.64. The van der Waals surface area contributed by atoms with Crippen molar-refractivity contribution in [3.05, 3.63) is 71.8 Å². The van der Waals surface area contributed by atoms with E-state index in [4.69, 9.17) is 16.3 Å². The predicted octanol–water partition coefficient (Wildman–Crippen LogP) is 5.01. The van der Waals surface area contributed by atoms with Crippen LogP contribution in [0.25, 0.3) is 33.3 Å². The number of rotatable bonds is 4. The van der Waals surface area contributed by atoms with Crippen LogP contribution in [-0.2, 0) is 10.1 Å². The molecule has 1 heterocycles. The smallest absolute Gasteiger partial charge is 0.294 e. The number of benzene rings is 3. The molecule has 30 heavy (non-hydrogen) atoms. The molecule has 0 aliphatic rings. The molecule has 6 nitrogen and oxygen atoms in total. The summed E-state index contributed by atoms with van der Waals surface area (Å²) in [7, 11) is -2.88. The fraction of sp³-hybridized carbons (Fsp3) is 0.0476. The van der Waals surface area contributed by atoms with Crippen molar-refractivity contribution in [3.63, 3.8) is 0 Å². The molecule has 0 radical (unpaired) electrons. The van der Waals surface area contributed by atoms with Gasteiger partial charge in [-0.1, -0.05) is 23.7 Å². The Morgan fingerprint density at radius 3 is 2.53 bits per heavy atom. The van der Waals surface area contributed by atoms with Crippen LogP contribution < -0.4 is 4.74 Å². The Bertz CT molecular complexity index is 1390. The van der Waals surface area contributed by atoms with Crippen molar-refractivity contribution in [3.8, 4) is 28.1 Å². The number of ether oxygens (including phenoxy) is 1. The molecule has 1 aromatic heterocycles. The van der Waals surface area contributed by atoms with Crippen LogP contribution in [-0.4, -0.2) is 30.0 Å². The van der Waals surface area contributed by atoms with Gasteiger partial charge in [-0.15, -0.1) is 0 Å². The van der Waals surface area contributed by atoms with Crippen LogP contribution in [0.2, 0.25) is 5.02 Å². The van der Waals surface area contributed by atoms with E-state index in [1.165, 1.54) is 43.8 Å². The third kappa shape index (κ3) is 3.72.